The van der Waals surface area contributed by atoms with Crippen molar-refractivity contribution in [2.24, 2.45) is 0 Å². The predicted octanol–water partition coefficient (Wildman–Crippen LogP) is 4.26. The first-order valence-corrected chi connectivity index (χ1v) is 8.98. The fourth-order valence-corrected chi connectivity index (χ4v) is 2.59. The summed E-state index contributed by atoms with van der Waals surface area (Å²) in [7, 11) is 1.73. The Labute approximate surface area is 156 Å². The number of ether oxygens (including phenoxy) is 1. The Morgan fingerprint density at radius 1 is 1.04 bits per heavy atom. The number of Topliss-reactive ketones (excluding diaryl/α,β-unsaturated/α-hetero) is 1. The lowest BCUT2D eigenvalue weighted by Crippen LogP contribution is -2.31. The maximum absolute atomic E-state index is 12.2. The average Bonchev–Trinajstić information content (AvgIpc) is 2.61. The van der Waals surface area contributed by atoms with Gasteiger partial charge in [0.15, 0.2) is 5.78 Å². The van der Waals surface area contributed by atoms with Crippen LogP contribution in [0.4, 0.5) is 0 Å². The van der Waals surface area contributed by atoms with E-state index < -0.39 is 0 Å². The van der Waals surface area contributed by atoms with Gasteiger partial charge in [0, 0.05) is 29.9 Å². The lowest BCUT2D eigenvalue weighted by molar-refractivity contribution is -0.130. The highest BCUT2D eigenvalue weighted by Crippen LogP contribution is 2.16. The number of nitrogens with zero attached hydrogens (tertiary/aromatic N) is 1. The summed E-state index contributed by atoms with van der Waals surface area (Å²) in [6.07, 6.45) is 0.416. The second-order valence-electron chi connectivity index (χ2n) is 5.86. The first kappa shape index (κ1) is 19.2. The third kappa shape index (κ3) is 6.02. The summed E-state index contributed by atoms with van der Waals surface area (Å²) in [5.41, 5.74) is 1.69. The zero-order chi connectivity index (χ0) is 18.2. The Morgan fingerprint density at radius 2 is 1.72 bits per heavy atom. The van der Waals surface area contributed by atoms with Crippen LogP contribution in [0.1, 0.15) is 28.8 Å². The van der Waals surface area contributed by atoms with Crippen LogP contribution < -0.4 is 4.74 Å². The molecule has 0 saturated carbocycles. The summed E-state index contributed by atoms with van der Waals surface area (Å²) in [5.74, 6) is 0.748. The standard InChI is InChI=1S/C20H22BrNO3/c1-15-5-3-4-6-19(15)25-14-13-22(2)20(24)12-11-18(23)16-7-9-17(21)10-8-16/h3-10H,11-14H2,1-2H3. The molecule has 2 aromatic carbocycles. The third-order valence-corrected chi connectivity index (χ3v) is 4.46. The second-order valence-corrected chi connectivity index (χ2v) is 6.77. The van der Waals surface area contributed by atoms with E-state index in [4.69, 9.17) is 4.74 Å². The molecular formula is C20H22BrNO3. The molecular weight excluding hydrogens is 382 g/mol. The summed E-state index contributed by atoms with van der Waals surface area (Å²) in [6, 6.07) is 14.9. The van der Waals surface area contributed by atoms with Crippen molar-refractivity contribution >= 4 is 27.6 Å². The molecule has 0 aliphatic carbocycles. The number of hydrogen-bond acceptors (Lipinski definition) is 3. The van der Waals surface area contributed by atoms with Crippen molar-refractivity contribution in [2.45, 2.75) is 19.8 Å². The van der Waals surface area contributed by atoms with Crippen LogP contribution >= 0.6 is 15.9 Å². The van der Waals surface area contributed by atoms with Crippen LogP contribution in [0.25, 0.3) is 0 Å². The minimum atomic E-state index is -0.0566. The Kier molecular flexibility index (Phi) is 7.19. The molecule has 2 aromatic rings. The number of aryl methyl sites for hydroxylation is 1. The zero-order valence-electron chi connectivity index (χ0n) is 14.5. The monoisotopic (exact) mass is 403 g/mol. The van der Waals surface area contributed by atoms with E-state index in [9.17, 15) is 9.59 Å². The first-order chi connectivity index (χ1) is 12.0. The molecule has 25 heavy (non-hydrogen) atoms. The van der Waals surface area contributed by atoms with Gasteiger partial charge in [0.2, 0.25) is 5.91 Å². The van der Waals surface area contributed by atoms with Gasteiger partial charge in [0.25, 0.3) is 0 Å². The molecule has 1 amide bonds. The van der Waals surface area contributed by atoms with Crippen LogP contribution in [0, 0.1) is 6.92 Å². The molecule has 132 valence electrons. The van der Waals surface area contributed by atoms with Crippen LogP contribution in [0.5, 0.6) is 5.75 Å². The van der Waals surface area contributed by atoms with Crippen molar-refractivity contribution < 1.29 is 14.3 Å². The number of rotatable bonds is 8. The summed E-state index contributed by atoms with van der Waals surface area (Å²) in [5, 5.41) is 0. The molecule has 0 atom stereocenters. The highest BCUT2D eigenvalue weighted by atomic mass is 79.9. The van der Waals surface area contributed by atoms with Gasteiger partial charge in [0.05, 0.1) is 6.54 Å². The maximum Gasteiger partial charge on any atom is 0.222 e. The van der Waals surface area contributed by atoms with Crippen LogP contribution in [0.3, 0.4) is 0 Å². The molecule has 0 unspecified atom stereocenters. The molecule has 4 nitrogen and oxygen atoms in total. The molecule has 0 aliphatic rings. The Hall–Kier alpha value is -2.14. The van der Waals surface area contributed by atoms with Gasteiger partial charge in [-0.1, -0.05) is 46.3 Å². The normalized spacial score (nSPS) is 10.4. The van der Waals surface area contributed by atoms with Crippen molar-refractivity contribution in [1.82, 2.24) is 4.90 Å². The number of halogens is 1. The van der Waals surface area contributed by atoms with E-state index in [2.05, 4.69) is 15.9 Å². The van der Waals surface area contributed by atoms with E-state index >= 15 is 0 Å². The molecule has 5 heteroatoms. The fourth-order valence-electron chi connectivity index (χ4n) is 2.33. The van der Waals surface area contributed by atoms with E-state index in [1.54, 1.807) is 24.1 Å². The van der Waals surface area contributed by atoms with E-state index in [0.717, 1.165) is 15.8 Å². The number of carbonyl (C=O) groups excluding carboxylic acids is 2. The number of hydrogen-bond donors (Lipinski definition) is 0. The number of ketones is 1. The summed E-state index contributed by atoms with van der Waals surface area (Å²) >= 11 is 3.34. The van der Waals surface area contributed by atoms with E-state index in [1.807, 2.05) is 43.3 Å². The lowest BCUT2D eigenvalue weighted by atomic mass is 10.1. The molecule has 0 heterocycles. The van der Waals surface area contributed by atoms with Crippen LogP contribution in [-0.2, 0) is 4.79 Å². The van der Waals surface area contributed by atoms with Gasteiger partial charge in [-0.05, 0) is 30.7 Å². The van der Waals surface area contributed by atoms with E-state index in [0.29, 0.717) is 18.7 Å². The second kappa shape index (κ2) is 9.37. The highest BCUT2D eigenvalue weighted by molar-refractivity contribution is 9.10. The Morgan fingerprint density at radius 3 is 2.40 bits per heavy atom. The Bertz CT molecular complexity index is 728. The molecule has 0 radical (unpaired) electrons. The summed E-state index contributed by atoms with van der Waals surface area (Å²) in [4.78, 5) is 25.9. The summed E-state index contributed by atoms with van der Waals surface area (Å²) < 4.78 is 6.62. The van der Waals surface area contributed by atoms with Gasteiger partial charge >= 0.3 is 0 Å². The third-order valence-electron chi connectivity index (χ3n) is 3.94. The van der Waals surface area contributed by atoms with Crippen molar-refractivity contribution in [3.63, 3.8) is 0 Å². The molecule has 0 fully saturated rings. The number of likely N-dealkylation sites (N-methyl/N-ethyl adjacent to an activating group) is 1. The number of amides is 1. The van der Waals surface area contributed by atoms with Crippen LogP contribution in [-0.4, -0.2) is 36.8 Å². The molecule has 0 aliphatic heterocycles. The zero-order valence-corrected chi connectivity index (χ0v) is 16.1. The lowest BCUT2D eigenvalue weighted by Gasteiger charge is -2.18. The SMILES string of the molecule is Cc1ccccc1OCCN(C)C(=O)CCC(=O)c1ccc(Br)cc1. The average molecular weight is 404 g/mol. The number of benzene rings is 2. The molecule has 2 rings (SSSR count). The van der Waals surface area contributed by atoms with Crippen molar-refractivity contribution in [3.05, 3.63) is 64.1 Å². The van der Waals surface area contributed by atoms with Gasteiger partial charge in [-0.2, -0.15) is 0 Å². The largest absolute Gasteiger partial charge is 0.491 e. The number of para-hydroxylation sites is 1. The minimum Gasteiger partial charge on any atom is -0.491 e. The molecule has 0 N–H and O–H groups in total. The molecule has 0 aromatic heterocycles. The van der Waals surface area contributed by atoms with Gasteiger partial charge < -0.3 is 9.64 Å². The van der Waals surface area contributed by atoms with E-state index in [1.165, 1.54) is 0 Å². The quantitative estimate of drug-likeness (QED) is 0.618. The highest BCUT2D eigenvalue weighted by Gasteiger charge is 2.13. The van der Waals surface area contributed by atoms with Gasteiger partial charge in [0.1, 0.15) is 12.4 Å². The number of carbonyl (C=O) groups is 2. The topological polar surface area (TPSA) is 46.6 Å². The molecule has 0 spiro atoms. The van der Waals surface area contributed by atoms with Crippen molar-refractivity contribution in [1.29, 1.82) is 0 Å². The van der Waals surface area contributed by atoms with Gasteiger partial charge in [-0.15, -0.1) is 0 Å². The first-order valence-electron chi connectivity index (χ1n) is 8.18. The van der Waals surface area contributed by atoms with Crippen molar-refractivity contribution in [2.75, 3.05) is 20.2 Å². The molecule has 0 bridgehead atoms. The smallest absolute Gasteiger partial charge is 0.222 e. The fraction of sp³-hybridized carbons (Fsp3) is 0.300. The summed E-state index contributed by atoms with van der Waals surface area (Å²) in [6.45, 7) is 2.89. The maximum atomic E-state index is 12.2. The van der Waals surface area contributed by atoms with Gasteiger partial charge in [-0.3, -0.25) is 9.59 Å². The van der Waals surface area contributed by atoms with Crippen LogP contribution in [0.2, 0.25) is 0 Å². The van der Waals surface area contributed by atoms with Crippen molar-refractivity contribution in [3.8, 4) is 5.75 Å². The minimum absolute atomic E-state index is 0.0228. The Balaban J connectivity index is 1.73. The van der Waals surface area contributed by atoms with Gasteiger partial charge in [-0.25, -0.2) is 0 Å². The molecule has 0 saturated heterocycles. The predicted molar refractivity (Wildman–Crippen MR) is 102 cm³/mol. The van der Waals surface area contributed by atoms with Crippen LogP contribution in [0.15, 0.2) is 53.0 Å². The van der Waals surface area contributed by atoms with E-state index in [-0.39, 0.29) is 24.5 Å².